The first-order valence-corrected chi connectivity index (χ1v) is 9.25. The Kier molecular flexibility index (Phi) is 9.65. The molecule has 0 unspecified atom stereocenters. The van der Waals surface area contributed by atoms with Gasteiger partial charge in [-0.15, -0.1) is 0 Å². The summed E-state index contributed by atoms with van der Waals surface area (Å²) in [7, 11) is 4.17. The minimum atomic E-state index is 0.347. The summed E-state index contributed by atoms with van der Waals surface area (Å²) < 4.78 is 0. The average molecular weight is 325 g/mol. The maximum absolute atomic E-state index is 10.8. The molecule has 1 aliphatic heterocycles. The van der Waals surface area contributed by atoms with Gasteiger partial charge in [0.05, 0.1) is 0 Å². The van der Waals surface area contributed by atoms with Crippen LogP contribution in [0.5, 0.6) is 0 Å². The molecule has 2 aliphatic rings. The molecule has 134 valence electrons. The summed E-state index contributed by atoms with van der Waals surface area (Å²) >= 11 is 0. The van der Waals surface area contributed by atoms with Gasteiger partial charge in [-0.2, -0.15) is 0 Å². The molecule has 4 heteroatoms. The quantitative estimate of drug-likeness (QED) is 0.844. The minimum Gasteiger partial charge on any atom is -0.317 e. The topological polar surface area (TPSA) is 49.4 Å². The van der Waals surface area contributed by atoms with Gasteiger partial charge in [0.15, 0.2) is 0 Å². The molecule has 0 aromatic heterocycles. The van der Waals surface area contributed by atoms with Crippen LogP contribution >= 0.6 is 0 Å². The van der Waals surface area contributed by atoms with Crippen molar-refractivity contribution in [1.29, 1.82) is 0 Å². The molecule has 1 heterocycles. The second-order valence-corrected chi connectivity index (χ2v) is 7.57. The molecule has 0 radical (unpaired) electrons. The van der Waals surface area contributed by atoms with Crippen molar-refractivity contribution in [3.8, 4) is 0 Å². The van der Waals surface area contributed by atoms with Gasteiger partial charge in [-0.3, -0.25) is 0 Å². The maximum Gasteiger partial charge on any atom is 0.130 e. The molecule has 1 N–H and O–H groups in total. The van der Waals surface area contributed by atoms with Crippen LogP contribution in [0.4, 0.5) is 0 Å². The standard InChI is InChI=1S/C10H19NO.C9H17NO/c1-8(12)7-9-3-5-10(11-2)6-4-9;1-8(11)7-9-3-5-10(2)6-4-9/h9-11H,3-7H2,1-2H3;9H,3-7H2,1-2H3. The van der Waals surface area contributed by atoms with E-state index in [1.54, 1.807) is 13.8 Å². The van der Waals surface area contributed by atoms with E-state index >= 15 is 0 Å². The lowest BCUT2D eigenvalue weighted by molar-refractivity contribution is -0.119. The Morgan fingerprint density at radius 2 is 1.30 bits per heavy atom. The second-order valence-electron chi connectivity index (χ2n) is 7.57. The summed E-state index contributed by atoms with van der Waals surface area (Å²) in [5, 5.41) is 3.29. The maximum atomic E-state index is 10.8. The van der Waals surface area contributed by atoms with Crippen LogP contribution < -0.4 is 5.32 Å². The number of ketones is 2. The molecular weight excluding hydrogens is 288 g/mol. The van der Waals surface area contributed by atoms with E-state index in [1.165, 1.54) is 38.5 Å². The summed E-state index contributed by atoms with van der Waals surface area (Å²) in [4.78, 5) is 24.0. The third-order valence-electron chi connectivity index (χ3n) is 5.25. The van der Waals surface area contributed by atoms with Gasteiger partial charge < -0.3 is 19.8 Å². The van der Waals surface area contributed by atoms with Gasteiger partial charge in [0, 0.05) is 18.9 Å². The van der Waals surface area contributed by atoms with E-state index in [-0.39, 0.29) is 0 Å². The van der Waals surface area contributed by atoms with Crippen molar-refractivity contribution >= 4 is 11.6 Å². The monoisotopic (exact) mass is 324 g/mol. The van der Waals surface area contributed by atoms with E-state index < -0.39 is 0 Å². The predicted molar refractivity (Wildman–Crippen MR) is 95.6 cm³/mol. The highest BCUT2D eigenvalue weighted by atomic mass is 16.1. The summed E-state index contributed by atoms with van der Waals surface area (Å²) in [5.41, 5.74) is 0. The smallest absolute Gasteiger partial charge is 0.130 e. The number of likely N-dealkylation sites (tertiary alicyclic amines) is 1. The molecular formula is C19H36N2O2. The minimum absolute atomic E-state index is 0.347. The second kappa shape index (κ2) is 10.9. The van der Waals surface area contributed by atoms with Crippen molar-refractivity contribution in [3.05, 3.63) is 0 Å². The van der Waals surface area contributed by atoms with Crippen molar-refractivity contribution in [2.24, 2.45) is 11.8 Å². The van der Waals surface area contributed by atoms with Gasteiger partial charge in [-0.1, -0.05) is 0 Å². The zero-order chi connectivity index (χ0) is 17.2. The van der Waals surface area contributed by atoms with Crippen LogP contribution in [-0.4, -0.2) is 49.7 Å². The Hall–Kier alpha value is -0.740. The molecule has 0 aromatic carbocycles. The molecule has 23 heavy (non-hydrogen) atoms. The van der Waals surface area contributed by atoms with Gasteiger partial charge in [0.25, 0.3) is 0 Å². The van der Waals surface area contributed by atoms with Gasteiger partial charge in [-0.05, 0) is 91.4 Å². The molecule has 2 fully saturated rings. The van der Waals surface area contributed by atoms with Crippen LogP contribution in [-0.2, 0) is 9.59 Å². The molecule has 0 spiro atoms. The van der Waals surface area contributed by atoms with E-state index in [9.17, 15) is 9.59 Å². The molecule has 0 aromatic rings. The fourth-order valence-electron chi connectivity index (χ4n) is 3.73. The number of nitrogens with zero attached hydrogens (tertiary/aromatic N) is 1. The third-order valence-corrected chi connectivity index (χ3v) is 5.25. The van der Waals surface area contributed by atoms with Crippen LogP contribution in [0.25, 0.3) is 0 Å². The Bertz CT molecular complexity index is 354. The fourth-order valence-corrected chi connectivity index (χ4v) is 3.73. The number of rotatable bonds is 5. The van der Waals surface area contributed by atoms with Crippen molar-refractivity contribution in [3.63, 3.8) is 0 Å². The van der Waals surface area contributed by atoms with Crippen molar-refractivity contribution in [1.82, 2.24) is 10.2 Å². The van der Waals surface area contributed by atoms with Crippen LogP contribution in [0.1, 0.15) is 65.2 Å². The molecule has 1 saturated carbocycles. The van der Waals surface area contributed by atoms with Crippen LogP contribution in [0.15, 0.2) is 0 Å². The van der Waals surface area contributed by atoms with Crippen molar-refractivity contribution in [2.75, 3.05) is 27.2 Å². The number of piperidine rings is 1. The van der Waals surface area contributed by atoms with Gasteiger partial charge >= 0.3 is 0 Å². The predicted octanol–water partition coefficient (Wildman–Crippen LogP) is 3.05. The Balaban J connectivity index is 0.000000231. The Labute approximate surface area is 142 Å². The third kappa shape index (κ3) is 9.21. The highest BCUT2D eigenvalue weighted by Gasteiger charge is 2.20. The normalized spacial score (nSPS) is 26.3. The lowest BCUT2D eigenvalue weighted by atomic mass is 9.83. The first-order valence-electron chi connectivity index (χ1n) is 9.25. The van der Waals surface area contributed by atoms with Gasteiger partial charge in [-0.25, -0.2) is 0 Å². The van der Waals surface area contributed by atoms with Crippen LogP contribution in [0, 0.1) is 11.8 Å². The highest BCUT2D eigenvalue weighted by Crippen LogP contribution is 2.26. The molecule has 1 aliphatic carbocycles. The van der Waals surface area contributed by atoms with Gasteiger partial charge in [0.1, 0.15) is 11.6 Å². The SMILES string of the molecule is CC(=O)CC1CCN(C)CC1.CNC1CCC(CC(C)=O)CC1. The number of carbonyl (C=O) groups is 2. The van der Waals surface area contributed by atoms with Crippen LogP contribution in [0.2, 0.25) is 0 Å². The number of hydrogen-bond acceptors (Lipinski definition) is 4. The Morgan fingerprint density at radius 3 is 1.70 bits per heavy atom. The number of nitrogens with one attached hydrogen (secondary N) is 1. The Morgan fingerprint density at radius 1 is 0.870 bits per heavy atom. The zero-order valence-electron chi connectivity index (χ0n) is 15.6. The zero-order valence-corrected chi connectivity index (χ0v) is 15.6. The fraction of sp³-hybridized carbons (Fsp3) is 0.895. The summed E-state index contributed by atoms with van der Waals surface area (Å²) in [6.07, 6.45) is 8.95. The largest absolute Gasteiger partial charge is 0.317 e. The van der Waals surface area contributed by atoms with E-state index in [4.69, 9.17) is 0 Å². The van der Waals surface area contributed by atoms with E-state index in [1.807, 2.05) is 7.05 Å². The summed E-state index contributed by atoms with van der Waals surface area (Å²) in [6, 6.07) is 0.702. The molecule has 0 amide bonds. The van der Waals surface area contributed by atoms with Crippen LogP contribution in [0.3, 0.4) is 0 Å². The molecule has 1 saturated heterocycles. The van der Waals surface area contributed by atoms with Crippen molar-refractivity contribution < 1.29 is 9.59 Å². The first-order chi connectivity index (χ1) is 10.9. The molecule has 0 atom stereocenters. The first kappa shape index (κ1) is 20.3. The number of carbonyl (C=O) groups excluding carboxylic acids is 2. The van der Waals surface area contributed by atoms with E-state index in [0.29, 0.717) is 29.4 Å². The molecule has 0 bridgehead atoms. The number of hydrogen-bond donors (Lipinski definition) is 1. The average Bonchev–Trinajstić information content (AvgIpc) is 2.50. The number of Topliss-reactive ketones (excluding diaryl/α,β-unsaturated/α-hetero) is 2. The van der Waals surface area contributed by atoms with Crippen molar-refractivity contribution in [2.45, 2.75) is 71.3 Å². The summed E-state index contributed by atoms with van der Waals surface area (Å²) in [5.74, 6) is 2.04. The lowest BCUT2D eigenvalue weighted by Gasteiger charge is -2.28. The molecule has 4 nitrogen and oxygen atoms in total. The van der Waals surface area contributed by atoms with E-state index in [0.717, 1.165) is 25.9 Å². The highest BCUT2D eigenvalue weighted by molar-refractivity contribution is 5.76. The lowest BCUT2D eigenvalue weighted by Crippen LogP contribution is -2.30. The van der Waals surface area contributed by atoms with Gasteiger partial charge in [0.2, 0.25) is 0 Å². The van der Waals surface area contributed by atoms with E-state index in [2.05, 4.69) is 17.3 Å². The summed E-state index contributed by atoms with van der Waals surface area (Å²) in [6.45, 7) is 5.72. The molecule has 2 rings (SSSR count).